The van der Waals surface area contributed by atoms with Crippen molar-refractivity contribution in [1.29, 1.82) is 0 Å². The maximum absolute atomic E-state index is 10.3. The predicted octanol–water partition coefficient (Wildman–Crippen LogP) is 4.62. The minimum atomic E-state index is 0.155. The first kappa shape index (κ1) is 16.4. The van der Waals surface area contributed by atoms with Gasteiger partial charge in [-0.3, -0.25) is 9.38 Å². The number of anilines is 2. The topological polar surface area (TPSA) is 71.7 Å². The highest BCUT2D eigenvalue weighted by Gasteiger charge is 2.17. The van der Waals surface area contributed by atoms with Gasteiger partial charge in [-0.15, -0.1) is 0 Å². The molecule has 0 spiro atoms. The second kappa shape index (κ2) is 6.68. The molecule has 0 bridgehead atoms. The Balaban J connectivity index is 1.87. The van der Waals surface area contributed by atoms with Crippen LogP contribution in [0.1, 0.15) is 0 Å². The van der Waals surface area contributed by atoms with Crippen molar-refractivity contribution in [2.45, 2.75) is 0 Å². The minimum absolute atomic E-state index is 0.155. The van der Waals surface area contributed by atoms with Crippen LogP contribution in [0.4, 0.5) is 11.5 Å². The molecule has 0 aliphatic rings. The molecule has 2 heterocycles. The van der Waals surface area contributed by atoms with Crippen LogP contribution in [0.3, 0.4) is 0 Å². The van der Waals surface area contributed by atoms with E-state index in [1.807, 2.05) is 40.9 Å². The number of benzene rings is 2. The quantitative estimate of drug-likeness (QED) is 0.513. The maximum atomic E-state index is 10.3. The van der Waals surface area contributed by atoms with Gasteiger partial charge in [0.25, 0.3) is 0 Å². The summed E-state index contributed by atoms with van der Waals surface area (Å²) in [5, 5.41) is 13.7. The van der Waals surface area contributed by atoms with Gasteiger partial charge in [0, 0.05) is 28.1 Å². The number of fused-ring (bicyclic) bond motifs is 1. The van der Waals surface area contributed by atoms with Gasteiger partial charge in [-0.1, -0.05) is 15.9 Å². The van der Waals surface area contributed by atoms with E-state index < -0.39 is 0 Å². The summed E-state index contributed by atoms with van der Waals surface area (Å²) in [5.74, 6) is 1.67. The summed E-state index contributed by atoms with van der Waals surface area (Å²) < 4.78 is 7.96. The van der Waals surface area contributed by atoms with Gasteiger partial charge in [0.05, 0.1) is 13.3 Å². The van der Waals surface area contributed by atoms with Gasteiger partial charge >= 0.3 is 0 Å². The molecule has 6 nitrogen and oxygen atoms in total. The molecule has 4 aromatic rings. The van der Waals surface area contributed by atoms with E-state index in [0.29, 0.717) is 16.9 Å². The molecule has 0 saturated heterocycles. The molecule has 0 fully saturated rings. The van der Waals surface area contributed by atoms with Gasteiger partial charge in [-0.25, -0.2) is 4.98 Å². The number of hydrogen-bond acceptors (Lipinski definition) is 5. The Morgan fingerprint density at radius 1 is 1.15 bits per heavy atom. The first-order chi connectivity index (χ1) is 12.7. The molecule has 0 aliphatic carbocycles. The van der Waals surface area contributed by atoms with Gasteiger partial charge < -0.3 is 15.2 Å². The average Bonchev–Trinajstić information content (AvgIpc) is 3.03. The number of imidazole rings is 1. The summed E-state index contributed by atoms with van der Waals surface area (Å²) in [7, 11) is 1.63. The maximum Gasteiger partial charge on any atom is 0.157 e. The number of hydrogen-bond donors (Lipinski definition) is 2. The normalized spacial score (nSPS) is 10.8. The van der Waals surface area contributed by atoms with Crippen LogP contribution in [0.2, 0.25) is 0 Å². The van der Waals surface area contributed by atoms with Crippen molar-refractivity contribution in [1.82, 2.24) is 14.4 Å². The number of aromatic nitrogens is 3. The summed E-state index contributed by atoms with van der Waals surface area (Å²) in [6.45, 7) is 0. The first-order valence-electron chi connectivity index (χ1n) is 7.88. The molecule has 2 aromatic carbocycles. The lowest BCUT2D eigenvalue weighted by Crippen LogP contribution is -1.97. The van der Waals surface area contributed by atoms with Crippen molar-refractivity contribution in [3.05, 3.63) is 65.5 Å². The van der Waals surface area contributed by atoms with Crippen LogP contribution in [-0.4, -0.2) is 26.6 Å². The third-order valence-corrected chi connectivity index (χ3v) is 4.49. The molecule has 0 aliphatic heterocycles. The van der Waals surface area contributed by atoms with Crippen LogP contribution in [0.25, 0.3) is 16.9 Å². The standard InChI is InChI=1S/C19H15BrN4O2/c1-26-14-5-3-13(4-6-14)22-19-18(15-10-12(20)2-7-16(15)25)23-17-11-21-8-9-24(17)19/h2-11,22,25H,1H3. The zero-order chi connectivity index (χ0) is 18.1. The minimum Gasteiger partial charge on any atom is -0.507 e. The van der Waals surface area contributed by atoms with Crippen LogP contribution in [-0.2, 0) is 0 Å². The molecule has 0 atom stereocenters. The summed E-state index contributed by atoms with van der Waals surface area (Å²) in [5.41, 5.74) is 2.81. The molecular weight excluding hydrogens is 396 g/mol. The highest BCUT2D eigenvalue weighted by molar-refractivity contribution is 9.10. The fourth-order valence-corrected chi connectivity index (χ4v) is 3.08. The third kappa shape index (κ3) is 2.97. The van der Waals surface area contributed by atoms with Crippen LogP contribution < -0.4 is 10.1 Å². The summed E-state index contributed by atoms with van der Waals surface area (Å²) >= 11 is 3.45. The number of phenols is 1. The Morgan fingerprint density at radius 3 is 2.73 bits per heavy atom. The fourth-order valence-electron chi connectivity index (χ4n) is 2.72. The largest absolute Gasteiger partial charge is 0.507 e. The van der Waals surface area contributed by atoms with Crippen LogP contribution in [0.15, 0.2) is 65.5 Å². The van der Waals surface area contributed by atoms with E-state index in [1.165, 1.54) is 0 Å². The molecule has 7 heteroatoms. The number of phenolic OH excluding ortho intramolecular Hbond substituents is 1. The van der Waals surface area contributed by atoms with Crippen molar-refractivity contribution < 1.29 is 9.84 Å². The second-order valence-electron chi connectivity index (χ2n) is 5.63. The summed E-state index contributed by atoms with van der Waals surface area (Å²) in [4.78, 5) is 8.78. The first-order valence-corrected chi connectivity index (χ1v) is 8.67. The molecular formula is C19H15BrN4O2. The molecule has 0 saturated carbocycles. The number of halogens is 1. The van der Waals surface area contributed by atoms with E-state index in [-0.39, 0.29) is 5.75 Å². The lowest BCUT2D eigenvalue weighted by Gasteiger charge is -2.10. The van der Waals surface area contributed by atoms with Crippen molar-refractivity contribution in [3.63, 3.8) is 0 Å². The molecule has 130 valence electrons. The van der Waals surface area contributed by atoms with Crippen molar-refractivity contribution in [2.24, 2.45) is 0 Å². The third-order valence-electron chi connectivity index (χ3n) is 4.00. The van der Waals surface area contributed by atoms with E-state index in [0.717, 1.165) is 21.7 Å². The second-order valence-corrected chi connectivity index (χ2v) is 6.54. The average molecular weight is 411 g/mol. The molecule has 2 N–H and O–H groups in total. The molecule has 0 unspecified atom stereocenters. The van der Waals surface area contributed by atoms with Gasteiger partial charge in [0.15, 0.2) is 5.65 Å². The summed E-state index contributed by atoms with van der Waals surface area (Å²) in [6.07, 6.45) is 5.20. The number of aromatic hydroxyl groups is 1. The number of nitrogens with one attached hydrogen (secondary N) is 1. The number of methoxy groups -OCH3 is 1. The lowest BCUT2D eigenvalue weighted by molar-refractivity contribution is 0.415. The Morgan fingerprint density at radius 2 is 1.96 bits per heavy atom. The van der Waals surface area contributed by atoms with E-state index >= 15 is 0 Å². The highest BCUT2D eigenvalue weighted by atomic mass is 79.9. The zero-order valence-electron chi connectivity index (χ0n) is 13.8. The Labute approximate surface area is 158 Å². The van der Waals surface area contributed by atoms with Gasteiger partial charge in [0.2, 0.25) is 0 Å². The van der Waals surface area contributed by atoms with E-state index in [2.05, 4.69) is 31.2 Å². The van der Waals surface area contributed by atoms with Gasteiger partial charge in [-0.05, 0) is 42.5 Å². The smallest absolute Gasteiger partial charge is 0.157 e. The number of nitrogens with zero attached hydrogens (tertiary/aromatic N) is 3. The van der Waals surface area contributed by atoms with Crippen LogP contribution in [0, 0.1) is 0 Å². The molecule has 26 heavy (non-hydrogen) atoms. The van der Waals surface area contributed by atoms with Crippen molar-refractivity contribution in [3.8, 4) is 22.8 Å². The fraction of sp³-hybridized carbons (Fsp3) is 0.0526. The Bertz CT molecular complexity index is 1080. The lowest BCUT2D eigenvalue weighted by atomic mass is 10.1. The molecule has 0 radical (unpaired) electrons. The van der Waals surface area contributed by atoms with E-state index in [1.54, 1.807) is 31.6 Å². The SMILES string of the molecule is COc1ccc(Nc2c(-c3cc(Br)ccc3O)nc3cnccn23)cc1. The molecule has 0 amide bonds. The van der Waals surface area contributed by atoms with Gasteiger partial charge in [0.1, 0.15) is 23.0 Å². The molecule has 2 aromatic heterocycles. The monoisotopic (exact) mass is 410 g/mol. The highest BCUT2D eigenvalue weighted by Crippen LogP contribution is 2.37. The van der Waals surface area contributed by atoms with Crippen LogP contribution >= 0.6 is 15.9 Å². The van der Waals surface area contributed by atoms with Crippen LogP contribution in [0.5, 0.6) is 11.5 Å². The van der Waals surface area contributed by atoms with Crippen molar-refractivity contribution in [2.75, 3.05) is 12.4 Å². The van der Waals surface area contributed by atoms with E-state index in [4.69, 9.17) is 4.74 Å². The number of rotatable bonds is 4. The predicted molar refractivity (Wildman–Crippen MR) is 104 cm³/mol. The number of ether oxygens (including phenoxy) is 1. The Hall–Kier alpha value is -3.06. The molecule has 4 rings (SSSR count). The van der Waals surface area contributed by atoms with Gasteiger partial charge in [-0.2, -0.15) is 0 Å². The zero-order valence-corrected chi connectivity index (χ0v) is 15.4. The summed E-state index contributed by atoms with van der Waals surface area (Å²) in [6, 6.07) is 12.9. The van der Waals surface area contributed by atoms with E-state index in [9.17, 15) is 5.11 Å². The Kier molecular flexibility index (Phi) is 4.22. The van der Waals surface area contributed by atoms with Crippen molar-refractivity contribution >= 4 is 33.1 Å².